The summed E-state index contributed by atoms with van der Waals surface area (Å²) < 4.78 is 10.0. The molecule has 21 heavy (non-hydrogen) atoms. The summed E-state index contributed by atoms with van der Waals surface area (Å²) in [7, 11) is 0. The highest BCUT2D eigenvalue weighted by Crippen LogP contribution is 2.19. The Morgan fingerprint density at radius 1 is 0.952 bits per heavy atom. The van der Waals surface area contributed by atoms with Gasteiger partial charge in [0.25, 0.3) is 0 Å². The molecule has 0 aromatic heterocycles. The second-order valence-electron chi connectivity index (χ2n) is 4.09. The van der Waals surface area contributed by atoms with Crippen LogP contribution in [0.2, 0.25) is 0 Å². The highest BCUT2D eigenvalue weighted by molar-refractivity contribution is 6.00. The van der Waals surface area contributed by atoms with Crippen molar-refractivity contribution in [3.8, 4) is 24.7 Å². The molecule has 0 saturated heterocycles. The lowest BCUT2D eigenvalue weighted by Crippen LogP contribution is -2.26. The molecule has 0 aliphatic heterocycles. The standard InChI is InChI=1S/C17H16O4/c1-3-5-12-20-16(18)15(14-10-8-7-9-11-14)17(19)21-13-6-4-2/h1-2,7-11,15H,5-6,12-13H2. The second kappa shape index (κ2) is 9.23. The molecule has 1 rings (SSSR count). The van der Waals surface area contributed by atoms with Crippen molar-refractivity contribution in [3.63, 3.8) is 0 Å². The summed E-state index contributed by atoms with van der Waals surface area (Å²) in [6.45, 7) is 0.132. The number of benzene rings is 1. The van der Waals surface area contributed by atoms with E-state index in [2.05, 4.69) is 11.8 Å². The maximum atomic E-state index is 12.1. The van der Waals surface area contributed by atoms with Gasteiger partial charge in [-0.2, -0.15) is 0 Å². The van der Waals surface area contributed by atoms with Crippen LogP contribution in [0.4, 0.5) is 0 Å². The minimum atomic E-state index is -1.12. The van der Waals surface area contributed by atoms with Crippen molar-refractivity contribution < 1.29 is 19.1 Å². The Bertz CT molecular complexity index is 516. The second-order valence-corrected chi connectivity index (χ2v) is 4.09. The number of terminal acetylenes is 2. The fraction of sp³-hybridized carbons (Fsp3) is 0.294. The zero-order chi connectivity index (χ0) is 15.5. The smallest absolute Gasteiger partial charge is 0.324 e. The number of hydrogen-bond donors (Lipinski definition) is 0. The Morgan fingerprint density at radius 3 is 1.86 bits per heavy atom. The van der Waals surface area contributed by atoms with Gasteiger partial charge in [-0.05, 0) is 5.56 Å². The molecule has 0 fully saturated rings. The molecule has 0 saturated carbocycles. The molecule has 0 radical (unpaired) electrons. The summed E-state index contributed by atoms with van der Waals surface area (Å²) in [4.78, 5) is 24.1. The molecule has 0 N–H and O–H groups in total. The van der Waals surface area contributed by atoms with Gasteiger partial charge < -0.3 is 9.47 Å². The van der Waals surface area contributed by atoms with Gasteiger partial charge in [0.05, 0.1) is 0 Å². The molecule has 4 nitrogen and oxygen atoms in total. The van der Waals surface area contributed by atoms with E-state index in [4.69, 9.17) is 22.3 Å². The van der Waals surface area contributed by atoms with Crippen LogP contribution >= 0.6 is 0 Å². The number of rotatable bonds is 7. The molecular weight excluding hydrogens is 268 g/mol. The number of carbonyl (C=O) groups excluding carboxylic acids is 2. The van der Waals surface area contributed by atoms with E-state index in [1.807, 2.05) is 0 Å². The summed E-state index contributed by atoms with van der Waals surface area (Å²) in [5.74, 6) is 2.23. The first-order chi connectivity index (χ1) is 10.2. The summed E-state index contributed by atoms with van der Waals surface area (Å²) in [5, 5.41) is 0. The van der Waals surface area contributed by atoms with E-state index in [0.29, 0.717) is 18.4 Å². The largest absolute Gasteiger partial charge is 0.464 e. The lowest BCUT2D eigenvalue weighted by atomic mass is 9.99. The average Bonchev–Trinajstić information content (AvgIpc) is 2.49. The van der Waals surface area contributed by atoms with E-state index in [0.717, 1.165) is 0 Å². The average molecular weight is 284 g/mol. The third-order valence-electron chi connectivity index (χ3n) is 2.59. The monoisotopic (exact) mass is 284 g/mol. The van der Waals surface area contributed by atoms with Gasteiger partial charge >= 0.3 is 11.9 Å². The minimum Gasteiger partial charge on any atom is -0.464 e. The predicted octanol–water partition coefficient (Wildman–Crippen LogP) is 1.90. The van der Waals surface area contributed by atoms with Gasteiger partial charge in [0.2, 0.25) is 0 Å². The number of hydrogen-bond acceptors (Lipinski definition) is 4. The topological polar surface area (TPSA) is 52.6 Å². The first-order valence-corrected chi connectivity index (χ1v) is 6.46. The zero-order valence-electron chi connectivity index (χ0n) is 11.6. The van der Waals surface area contributed by atoms with Gasteiger partial charge in [-0.3, -0.25) is 9.59 Å². The molecule has 0 unspecified atom stereocenters. The lowest BCUT2D eigenvalue weighted by Gasteiger charge is -2.15. The highest BCUT2D eigenvalue weighted by atomic mass is 16.6. The molecular formula is C17H16O4. The van der Waals surface area contributed by atoms with Crippen LogP contribution in [0.1, 0.15) is 24.3 Å². The number of carbonyl (C=O) groups is 2. The van der Waals surface area contributed by atoms with Crippen molar-refractivity contribution in [1.82, 2.24) is 0 Å². The van der Waals surface area contributed by atoms with Crippen LogP contribution in [0.5, 0.6) is 0 Å². The van der Waals surface area contributed by atoms with Crippen LogP contribution < -0.4 is 0 Å². The molecule has 0 atom stereocenters. The van der Waals surface area contributed by atoms with Crippen molar-refractivity contribution in [2.24, 2.45) is 0 Å². The summed E-state index contributed by atoms with van der Waals surface area (Å²) in [6, 6.07) is 8.57. The third-order valence-corrected chi connectivity index (χ3v) is 2.59. The Hall–Kier alpha value is -2.72. The van der Waals surface area contributed by atoms with E-state index >= 15 is 0 Å². The SMILES string of the molecule is C#CCCOC(=O)C(C(=O)OCCC#C)c1ccccc1. The van der Waals surface area contributed by atoms with Crippen LogP contribution in [0.3, 0.4) is 0 Å². The van der Waals surface area contributed by atoms with Crippen molar-refractivity contribution in [1.29, 1.82) is 0 Å². The number of ether oxygens (including phenoxy) is 2. The normalized spacial score (nSPS) is 9.48. The van der Waals surface area contributed by atoms with Crippen molar-refractivity contribution >= 4 is 11.9 Å². The van der Waals surface area contributed by atoms with Crippen molar-refractivity contribution in [2.75, 3.05) is 13.2 Å². The molecule has 1 aromatic rings. The Balaban J connectivity index is 2.80. The molecule has 0 aliphatic rings. The molecule has 1 aromatic carbocycles. The van der Waals surface area contributed by atoms with Crippen LogP contribution in [-0.2, 0) is 19.1 Å². The zero-order valence-corrected chi connectivity index (χ0v) is 11.6. The predicted molar refractivity (Wildman–Crippen MR) is 78.0 cm³/mol. The van der Waals surface area contributed by atoms with Crippen LogP contribution in [0.25, 0.3) is 0 Å². The molecule has 4 heteroatoms. The van der Waals surface area contributed by atoms with Crippen molar-refractivity contribution in [2.45, 2.75) is 18.8 Å². The fourth-order valence-electron chi connectivity index (χ4n) is 1.60. The number of esters is 2. The van der Waals surface area contributed by atoms with E-state index in [1.165, 1.54) is 0 Å². The van der Waals surface area contributed by atoms with E-state index in [-0.39, 0.29) is 13.2 Å². The fourth-order valence-corrected chi connectivity index (χ4v) is 1.60. The summed E-state index contributed by atoms with van der Waals surface area (Å²) >= 11 is 0. The molecule has 0 amide bonds. The maximum Gasteiger partial charge on any atom is 0.324 e. The lowest BCUT2D eigenvalue weighted by molar-refractivity contribution is -0.157. The minimum absolute atomic E-state index is 0.0658. The van der Waals surface area contributed by atoms with Gasteiger partial charge in [-0.15, -0.1) is 24.7 Å². The van der Waals surface area contributed by atoms with Crippen LogP contribution in [0.15, 0.2) is 30.3 Å². The molecule has 0 aliphatic carbocycles. The Labute approximate surface area is 124 Å². The molecule has 0 heterocycles. The summed E-state index contributed by atoms with van der Waals surface area (Å²) in [6.07, 6.45) is 10.8. The van der Waals surface area contributed by atoms with Gasteiger partial charge in [0.15, 0.2) is 5.92 Å². The third kappa shape index (κ3) is 5.42. The van der Waals surface area contributed by atoms with Gasteiger partial charge in [-0.1, -0.05) is 30.3 Å². The molecule has 108 valence electrons. The van der Waals surface area contributed by atoms with Gasteiger partial charge in [0.1, 0.15) is 13.2 Å². The van der Waals surface area contributed by atoms with E-state index < -0.39 is 17.9 Å². The Kier molecular flexibility index (Phi) is 7.18. The van der Waals surface area contributed by atoms with E-state index in [1.54, 1.807) is 30.3 Å². The van der Waals surface area contributed by atoms with Crippen LogP contribution in [0, 0.1) is 24.7 Å². The Morgan fingerprint density at radius 2 is 1.43 bits per heavy atom. The first-order valence-electron chi connectivity index (χ1n) is 6.46. The summed E-state index contributed by atoms with van der Waals surface area (Å²) in [5.41, 5.74) is 0.508. The van der Waals surface area contributed by atoms with Crippen molar-refractivity contribution in [3.05, 3.63) is 35.9 Å². The highest BCUT2D eigenvalue weighted by Gasteiger charge is 2.31. The first kappa shape index (κ1) is 16.3. The van der Waals surface area contributed by atoms with E-state index in [9.17, 15) is 9.59 Å². The molecule has 0 spiro atoms. The van der Waals surface area contributed by atoms with Crippen LogP contribution in [-0.4, -0.2) is 25.2 Å². The van der Waals surface area contributed by atoms with Gasteiger partial charge in [-0.25, -0.2) is 0 Å². The quantitative estimate of drug-likeness (QED) is 0.332. The van der Waals surface area contributed by atoms with Gasteiger partial charge in [0, 0.05) is 12.8 Å². The maximum absolute atomic E-state index is 12.1. The molecule has 0 bridgehead atoms.